The van der Waals surface area contributed by atoms with Gasteiger partial charge in [-0.25, -0.2) is 0 Å². The first-order valence-corrected chi connectivity index (χ1v) is 6.93. The van der Waals surface area contributed by atoms with Gasteiger partial charge in [0.15, 0.2) is 0 Å². The summed E-state index contributed by atoms with van der Waals surface area (Å²) in [5.74, 6) is 0. The van der Waals surface area contributed by atoms with Crippen LogP contribution in [0.3, 0.4) is 0 Å². The number of nitrogens with zero attached hydrogens (tertiary/aromatic N) is 1. The van der Waals surface area contributed by atoms with Crippen molar-refractivity contribution in [1.82, 2.24) is 10.2 Å². The van der Waals surface area contributed by atoms with E-state index in [0.29, 0.717) is 6.04 Å². The van der Waals surface area contributed by atoms with E-state index in [9.17, 15) is 0 Å². The molecule has 0 saturated carbocycles. The van der Waals surface area contributed by atoms with Crippen LogP contribution in [0.4, 0.5) is 0 Å². The molecule has 1 unspecified atom stereocenters. The Morgan fingerprint density at radius 1 is 1.17 bits per heavy atom. The number of hydrogen-bond acceptors (Lipinski definition) is 2. The van der Waals surface area contributed by atoms with Crippen LogP contribution in [0.1, 0.15) is 32.8 Å². The second-order valence-corrected chi connectivity index (χ2v) is 5.74. The topological polar surface area (TPSA) is 15.3 Å². The average molecular weight is 248 g/mol. The molecule has 102 valence electrons. The van der Waals surface area contributed by atoms with Gasteiger partial charge in [0.2, 0.25) is 0 Å². The highest BCUT2D eigenvalue weighted by atomic mass is 15.2. The highest BCUT2D eigenvalue weighted by Crippen LogP contribution is 2.19. The molecule has 0 aliphatic rings. The first kappa shape index (κ1) is 15.2. The molecule has 0 saturated heterocycles. The molecule has 0 radical (unpaired) electrons. The zero-order valence-corrected chi connectivity index (χ0v) is 12.5. The van der Waals surface area contributed by atoms with E-state index in [1.165, 1.54) is 12.0 Å². The predicted molar refractivity (Wildman–Crippen MR) is 80.0 cm³/mol. The van der Waals surface area contributed by atoms with Crippen LogP contribution in [0.25, 0.3) is 0 Å². The Bertz CT molecular complexity index is 330. The zero-order valence-electron chi connectivity index (χ0n) is 12.5. The van der Waals surface area contributed by atoms with Crippen molar-refractivity contribution >= 4 is 0 Å². The van der Waals surface area contributed by atoms with E-state index < -0.39 is 0 Å². The molecule has 1 N–H and O–H groups in total. The van der Waals surface area contributed by atoms with Gasteiger partial charge in [-0.05, 0) is 52.9 Å². The highest BCUT2D eigenvalue weighted by molar-refractivity contribution is 5.17. The number of rotatable bonds is 7. The van der Waals surface area contributed by atoms with Crippen LogP contribution in [-0.4, -0.2) is 37.1 Å². The van der Waals surface area contributed by atoms with Crippen molar-refractivity contribution in [2.24, 2.45) is 0 Å². The van der Waals surface area contributed by atoms with Crippen LogP contribution < -0.4 is 5.32 Å². The number of likely N-dealkylation sites (N-methyl/N-ethyl adjacent to an activating group) is 1. The summed E-state index contributed by atoms with van der Waals surface area (Å²) in [5, 5.41) is 3.70. The third-order valence-corrected chi connectivity index (χ3v) is 3.93. The minimum absolute atomic E-state index is 0.144. The zero-order chi connectivity index (χ0) is 13.6. The van der Waals surface area contributed by atoms with Crippen LogP contribution in [0.15, 0.2) is 30.3 Å². The normalized spacial score (nSPS) is 13.9. The molecule has 0 fully saturated rings. The fourth-order valence-electron chi connectivity index (χ4n) is 2.05. The Morgan fingerprint density at radius 2 is 1.78 bits per heavy atom. The van der Waals surface area contributed by atoms with Crippen LogP contribution in [0.5, 0.6) is 0 Å². The Morgan fingerprint density at radius 3 is 2.28 bits per heavy atom. The summed E-state index contributed by atoms with van der Waals surface area (Å²) >= 11 is 0. The van der Waals surface area contributed by atoms with Gasteiger partial charge in [0.25, 0.3) is 0 Å². The number of hydrogen-bond donors (Lipinski definition) is 1. The minimum atomic E-state index is 0.144. The molecule has 2 nitrogen and oxygen atoms in total. The van der Waals surface area contributed by atoms with E-state index in [2.05, 4.69) is 75.4 Å². The van der Waals surface area contributed by atoms with Gasteiger partial charge < -0.3 is 10.2 Å². The molecular weight excluding hydrogens is 220 g/mol. The Labute approximate surface area is 112 Å². The predicted octanol–water partition coefficient (Wildman–Crippen LogP) is 2.94. The summed E-state index contributed by atoms with van der Waals surface area (Å²) in [6.45, 7) is 7.91. The Kier molecular flexibility index (Phi) is 5.83. The van der Waals surface area contributed by atoms with E-state index in [1.54, 1.807) is 0 Å². The molecule has 1 atom stereocenters. The molecule has 0 heterocycles. The van der Waals surface area contributed by atoms with Gasteiger partial charge in [0.1, 0.15) is 0 Å². The van der Waals surface area contributed by atoms with Gasteiger partial charge in [-0.2, -0.15) is 0 Å². The first-order valence-electron chi connectivity index (χ1n) is 6.93. The molecule has 0 spiro atoms. The number of benzene rings is 1. The van der Waals surface area contributed by atoms with E-state index in [1.807, 2.05) is 0 Å². The van der Waals surface area contributed by atoms with Crippen molar-refractivity contribution in [1.29, 1.82) is 0 Å². The maximum atomic E-state index is 3.70. The average Bonchev–Trinajstić information content (AvgIpc) is 2.35. The summed E-state index contributed by atoms with van der Waals surface area (Å²) in [7, 11) is 4.32. The van der Waals surface area contributed by atoms with E-state index in [4.69, 9.17) is 0 Å². The molecule has 1 aromatic rings. The van der Waals surface area contributed by atoms with Crippen LogP contribution in [0, 0.1) is 0 Å². The van der Waals surface area contributed by atoms with Crippen molar-refractivity contribution in [2.45, 2.75) is 45.2 Å². The maximum Gasteiger partial charge on any atom is 0.0303 e. The van der Waals surface area contributed by atoms with Gasteiger partial charge in [0, 0.05) is 11.6 Å². The maximum absolute atomic E-state index is 3.70. The monoisotopic (exact) mass is 248 g/mol. The summed E-state index contributed by atoms with van der Waals surface area (Å²) < 4.78 is 0. The summed E-state index contributed by atoms with van der Waals surface area (Å²) in [6.07, 6.45) is 2.25. The van der Waals surface area contributed by atoms with E-state index in [0.717, 1.165) is 13.0 Å². The Balaban J connectivity index is 2.78. The molecule has 0 aliphatic carbocycles. The van der Waals surface area contributed by atoms with E-state index in [-0.39, 0.29) is 5.54 Å². The molecule has 1 aromatic carbocycles. The second-order valence-electron chi connectivity index (χ2n) is 5.74. The van der Waals surface area contributed by atoms with Crippen molar-refractivity contribution in [3.8, 4) is 0 Å². The molecule has 1 rings (SSSR count). The van der Waals surface area contributed by atoms with Crippen LogP contribution >= 0.6 is 0 Å². The van der Waals surface area contributed by atoms with Crippen molar-refractivity contribution in [3.05, 3.63) is 35.9 Å². The lowest BCUT2D eigenvalue weighted by molar-refractivity contribution is 0.137. The van der Waals surface area contributed by atoms with Gasteiger partial charge in [0.05, 0.1) is 0 Å². The van der Waals surface area contributed by atoms with Crippen molar-refractivity contribution < 1.29 is 0 Å². The van der Waals surface area contributed by atoms with Crippen LogP contribution in [0.2, 0.25) is 0 Å². The molecule has 0 aromatic heterocycles. The van der Waals surface area contributed by atoms with Gasteiger partial charge in [-0.1, -0.05) is 37.3 Å². The van der Waals surface area contributed by atoms with Gasteiger partial charge in [-0.15, -0.1) is 0 Å². The first-order chi connectivity index (χ1) is 8.48. The van der Waals surface area contributed by atoms with Gasteiger partial charge >= 0.3 is 0 Å². The third kappa shape index (κ3) is 4.11. The minimum Gasteiger partial charge on any atom is -0.312 e. The summed E-state index contributed by atoms with van der Waals surface area (Å²) in [4.78, 5) is 2.31. The fraction of sp³-hybridized carbons (Fsp3) is 0.625. The lowest BCUT2D eigenvalue weighted by Gasteiger charge is -2.41. The van der Waals surface area contributed by atoms with Crippen molar-refractivity contribution in [3.63, 3.8) is 0 Å². The molecule has 0 bridgehead atoms. The summed E-state index contributed by atoms with van der Waals surface area (Å²) in [6, 6.07) is 11.2. The molecule has 0 aliphatic heterocycles. The second kappa shape index (κ2) is 6.91. The molecular formula is C16H28N2. The standard InChI is InChI=1S/C16H28N2/c1-6-12-17-15(16(2,3)18(4)5)13-14-10-8-7-9-11-14/h7-11,15,17H,6,12-13H2,1-5H3. The summed E-state index contributed by atoms with van der Waals surface area (Å²) in [5.41, 5.74) is 1.55. The largest absolute Gasteiger partial charge is 0.312 e. The highest BCUT2D eigenvalue weighted by Gasteiger charge is 2.30. The molecule has 18 heavy (non-hydrogen) atoms. The third-order valence-electron chi connectivity index (χ3n) is 3.93. The smallest absolute Gasteiger partial charge is 0.0303 e. The van der Waals surface area contributed by atoms with E-state index >= 15 is 0 Å². The lowest BCUT2D eigenvalue weighted by Crippen LogP contribution is -2.56. The van der Waals surface area contributed by atoms with Gasteiger partial charge in [-0.3, -0.25) is 0 Å². The number of nitrogens with one attached hydrogen (secondary N) is 1. The Hall–Kier alpha value is -0.860. The SMILES string of the molecule is CCCNC(Cc1ccccc1)C(C)(C)N(C)C. The quantitative estimate of drug-likeness (QED) is 0.798. The lowest BCUT2D eigenvalue weighted by atomic mass is 9.88. The molecule has 2 heteroatoms. The molecule has 0 amide bonds. The van der Waals surface area contributed by atoms with Crippen molar-refractivity contribution in [2.75, 3.05) is 20.6 Å². The van der Waals surface area contributed by atoms with Crippen LogP contribution in [-0.2, 0) is 6.42 Å². The fourth-order valence-corrected chi connectivity index (χ4v) is 2.05.